The van der Waals surface area contributed by atoms with Crippen molar-refractivity contribution in [3.05, 3.63) is 47.3 Å². The van der Waals surface area contributed by atoms with Gasteiger partial charge in [0.25, 0.3) is 11.8 Å². The number of imide groups is 1. The molecule has 0 aromatic heterocycles. The van der Waals surface area contributed by atoms with Gasteiger partial charge < -0.3 is 0 Å². The third-order valence-electron chi connectivity index (χ3n) is 2.92. The lowest BCUT2D eigenvalue weighted by atomic mass is 10.1. The lowest BCUT2D eigenvalue weighted by Crippen LogP contribution is -2.30. The number of hydrogen-bond acceptors (Lipinski definition) is 3. The average Bonchev–Trinajstić information content (AvgIpc) is 2.68. The molecule has 0 saturated heterocycles. The Morgan fingerprint density at radius 3 is 2.26 bits per heavy atom. The standard InChI is InChI=1S/C14H12FNO3/c15-10(9-17)5-3-4-8-16-13(18)11-6-1-2-7-12(11)14(16)19/h1-2,5-7,9H,3-4,8H2/b10-5-. The van der Waals surface area contributed by atoms with Crippen LogP contribution in [0, 0.1) is 0 Å². The highest BCUT2D eigenvalue weighted by Crippen LogP contribution is 2.22. The van der Waals surface area contributed by atoms with Crippen molar-refractivity contribution in [1.82, 2.24) is 4.90 Å². The van der Waals surface area contributed by atoms with Gasteiger partial charge in [-0.2, -0.15) is 0 Å². The summed E-state index contributed by atoms with van der Waals surface area (Å²) >= 11 is 0. The first-order valence-electron chi connectivity index (χ1n) is 5.91. The Balaban J connectivity index is 1.99. The molecule has 0 spiro atoms. The molecule has 4 nitrogen and oxygen atoms in total. The number of nitrogens with zero attached hydrogens (tertiary/aromatic N) is 1. The van der Waals surface area contributed by atoms with Crippen molar-refractivity contribution in [3.63, 3.8) is 0 Å². The molecule has 0 unspecified atom stereocenters. The second-order valence-corrected chi connectivity index (χ2v) is 4.16. The Hall–Kier alpha value is -2.30. The van der Waals surface area contributed by atoms with Crippen LogP contribution in [-0.4, -0.2) is 29.5 Å². The van der Waals surface area contributed by atoms with Crippen LogP contribution >= 0.6 is 0 Å². The third kappa shape index (κ3) is 2.59. The normalized spacial score (nSPS) is 14.8. The van der Waals surface area contributed by atoms with Crippen molar-refractivity contribution >= 4 is 18.1 Å². The summed E-state index contributed by atoms with van der Waals surface area (Å²) in [5.41, 5.74) is 0.809. The number of aldehydes is 1. The number of rotatable bonds is 5. The van der Waals surface area contributed by atoms with Crippen LogP contribution in [0.3, 0.4) is 0 Å². The number of halogens is 1. The van der Waals surface area contributed by atoms with Crippen molar-refractivity contribution in [2.24, 2.45) is 0 Å². The van der Waals surface area contributed by atoms with Crippen LogP contribution in [0.1, 0.15) is 33.6 Å². The van der Waals surface area contributed by atoms with E-state index in [1.54, 1.807) is 24.3 Å². The smallest absolute Gasteiger partial charge is 0.261 e. The Kier molecular flexibility index (Phi) is 3.85. The maximum atomic E-state index is 12.5. The summed E-state index contributed by atoms with van der Waals surface area (Å²) in [5, 5.41) is 0. The van der Waals surface area contributed by atoms with E-state index in [1.807, 2.05) is 0 Å². The molecule has 1 heterocycles. The first-order chi connectivity index (χ1) is 9.15. The molecule has 0 fully saturated rings. The highest BCUT2D eigenvalue weighted by molar-refractivity contribution is 6.21. The van der Waals surface area contributed by atoms with Crippen molar-refractivity contribution in [1.29, 1.82) is 0 Å². The van der Waals surface area contributed by atoms with E-state index < -0.39 is 5.83 Å². The molecule has 5 heteroatoms. The fourth-order valence-electron chi connectivity index (χ4n) is 1.98. The minimum absolute atomic E-state index is 0.127. The quantitative estimate of drug-likeness (QED) is 0.353. The molecule has 1 aliphatic heterocycles. The number of unbranched alkanes of at least 4 members (excludes halogenated alkanes) is 1. The molecular weight excluding hydrogens is 249 g/mol. The van der Waals surface area contributed by atoms with Crippen LogP contribution < -0.4 is 0 Å². The highest BCUT2D eigenvalue weighted by Gasteiger charge is 2.34. The van der Waals surface area contributed by atoms with Crippen molar-refractivity contribution in [2.45, 2.75) is 12.8 Å². The molecule has 0 saturated carbocycles. The second-order valence-electron chi connectivity index (χ2n) is 4.16. The summed E-state index contributed by atoms with van der Waals surface area (Å²) in [7, 11) is 0. The molecule has 98 valence electrons. The summed E-state index contributed by atoms with van der Waals surface area (Å²) in [4.78, 5) is 35.1. The van der Waals surface area contributed by atoms with E-state index in [0.29, 0.717) is 24.0 Å². The minimum atomic E-state index is -0.831. The van der Waals surface area contributed by atoms with Crippen LogP contribution in [0.15, 0.2) is 36.2 Å². The lowest BCUT2D eigenvalue weighted by Gasteiger charge is -2.12. The highest BCUT2D eigenvalue weighted by atomic mass is 19.1. The van der Waals surface area contributed by atoms with Gasteiger partial charge in [-0.05, 0) is 31.1 Å². The monoisotopic (exact) mass is 261 g/mol. The van der Waals surface area contributed by atoms with Crippen LogP contribution in [0.5, 0.6) is 0 Å². The zero-order chi connectivity index (χ0) is 13.8. The summed E-state index contributed by atoms with van der Waals surface area (Å²) in [5.74, 6) is -1.47. The Morgan fingerprint density at radius 1 is 1.16 bits per heavy atom. The molecule has 1 aromatic rings. The number of hydrogen-bond donors (Lipinski definition) is 0. The SMILES string of the molecule is O=C/C(F)=C/CCCN1C(=O)c2ccccc2C1=O. The zero-order valence-corrected chi connectivity index (χ0v) is 10.1. The second kappa shape index (κ2) is 5.56. The Bertz CT molecular complexity index is 531. The fourth-order valence-corrected chi connectivity index (χ4v) is 1.98. The van der Waals surface area contributed by atoms with Crippen LogP contribution in [0.4, 0.5) is 4.39 Å². The largest absolute Gasteiger partial charge is 0.295 e. The molecular formula is C14H12FNO3. The van der Waals surface area contributed by atoms with E-state index in [4.69, 9.17) is 0 Å². The van der Waals surface area contributed by atoms with E-state index in [1.165, 1.54) is 0 Å². The van der Waals surface area contributed by atoms with Crippen LogP contribution in [-0.2, 0) is 4.79 Å². The molecule has 19 heavy (non-hydrogen) atoms. The molecule has 1 aliphatic rings. The van der Waals surface area contributed by atoms with Gasteiger partial charge in [0.2, 0.25) is 0 Å². The molecule has 0 aliphatic carbocycles. The fraction of sp³-hybridized carbons (Fsp3) is 0.214. The van der Waals surface area contributed by atoms with E-state index in [0.717, 1.165) is 11.0 Å². The Morgan fingerprint density at radius 2 is 1.74 bits per heavy atom. The van der Waals surface area contributed by atoms with Gasteiger partial charge in [-0.25, -0.2) is 4.39 Å². The van der Waals surface area contributed by atoms with E-state index in [2.05, 4.69) is 0 Å². The summed E-state index contributed by atoms with van der Waals surface area (Å²) in [6.07, 6.45) is 2.00. The number of allylic oxidation sites excluding steroid dienone is 2. The van der Waals surface area contributed by atoms with E-state index in [9.17, 15) is 18.8 Å². The van der Waals surface area contributed by atoms with Crippen LogP contribution in [0.2, 0.25) is 0 Å². The van der Waals surface area contributed by atoms with Gasteiger partial charge in [-0.1, -0.05) is 12.1 Å². The van der Waals surface area contributed by atoms with Crippen molar-refractivity contribution in [2.75, 3.05) is 6.54 Å². The van der Waals surface area contributed by atoms with E-state index in [-0.39, 0.29) is 24.6 Å². The summed E-state index contributed by atoms with van der Waals surface area (Å²) < 4.78 is 12.5. The van der Waals surface area contributed by atoms with Gasteiger partial charge in [-0.15, -0.1) is 0 Å². The minimum Gasteiger partial charge on any atom is -0.295 e. The summed E-state index contributed by atoms with van der Waals surface area (Å²) in [6, 6.07) is 6.63. The number of fused-ring (bicyclic) bond motifs is 1. The maximum absolute atomic E-state index is 12.5. The Labute approximate surface area is 109 Å². The molecule has 0 N–H and O–H groups in total. The van der Waals surface area contributed by atoms with Crippen molar-refractivity contribution in [3.8, 4) is 0 Å². The molecule has 2 rings (SSSR count). The maximum Gasteiger partial charge on any atom is 0.261 e. The predicted octanol–water partition coefficient (Wildman–Crippen LogP) is 2.12. The van der Waals surface area contributed by atoms with E-state index >= 15 is 0 Å². The van der Waals surface area contributed by atoms with Crippen LogP contribution in [0.25, 0.3) is 0 Å². The molecule has 0 bridgehead atoms. The predicted molar refractivity (Wildman–Crippen MR) is 66.3 cm³/mol. The number of carbonyl (C=O) groups is 3. The molecule has 0 atom stereocenters. The molecule has 1 aromatic carbocycles. The van der Waals surface area contributed by atoms with Crippen molar-refractivity contribution < 1.29 is 18.8 Å². The summed E-state index contributed by atoms with van der Waals surface area (Å²) in [6.45, 7) is 0.217. The first-order valence-corrected chi connectivity index (χ1v) is 5.91. The zero-order valence-electron chi connectivity index (χ0n) is 10.1. The number of benzene rings is 1. The van der Waals surface area contributed by atoms with Gasteiger partial charge in [0, 0.05) is 6.54 Å². The lowest BCUT2D eigenvalue weighted by molar-refractivity contribution is -0.106. The first kappa shape index (κ1) is 13.1. The van der Waals surface area contributed by atoms with Gasteiger partial charge >= 0.3 is 0 Å². The van der Waals surface area contributed by atoms with Gasteiger partial charge in [-0.3, -0.25) is 19.3 Å². The topological polar surface area (TPSA) is 54.5 Å². The molecule has 2 amide bonds. The number of amides is 2. The van der Waals surface area contributed by atoms with Gasteiger partial charge in [0.15, 0.2) is 12.1 Å². The number of carbonyl (C=O) groups excluding carboxylic acids is 3. The average molecular weight is 261 g/mol. The third-order valence-corrected chi connectivity index (χ3v) is 2.92. The van der Waals surface area contributed by atoms with Gasteiger partial charge in [0.05, 0.1) is 11.1 Å². The molecule has 0 radical (unpaired) electrons. The van der Waals surface area contributed by atoms with Gasteiger partial charge in [0.1, 0.15) is 0 Å².